The Bertz CT molecular complexity index is 495. The maximum Gasteiger partial charge on any atom is 0.310 e. The van der Waals surface area contributed by atoms with Crippen molar-refractivity contribution in [2.75, 3.05) is 26.8 Å². The van der Waals surface area contributed by atoms with Gasteiger partial charge < -0.3 is 14.4 Å². The zero-order valence-electron chi connectivity index (χ0n) is 13.1. The van der Waals surface area contributed by atoms with E-state index in [1.54, 1.807) is 37.1 Å². The number of methoxy groups -OCH3 is 1. The molecule has 21 heavy (non-hydrogen) atoms. The molecule has 0 N–H and O–H groups in total. The van der Waals surface area contributed by atoms with Crippen LogP contribution in [0.1, 0.15) is 36.7 Å². The van der Waals surface area contributed by atoms with Gasteiger partial charge in [-0.15, -0.1) is 0 Å². The minimum atomic E-state index is -0.348. The fourth-order valence-corrected chi connectivity index (χ4v) is 2.10. The van der Waals surface area contributed by atoms with Crippen LogP contribution in [0.15, 0.2) is 18.2 Å². The molecule has 1 aromatic rings. The molecule has 0 aliphatic rings. The van der Waals surface area contributed by atoms with Crippen LogP contribution in [0.3, 0.4) is 0 Å². The van der Waals surface area contributed by atoms with Crippen LogP contribution >= 0.6 is 0 Å². The summed E-state index contributed by atoms with van der Waals surface area (Å²) in [6, 6.07) is 5.15. The third-order valence-electron chi connectivity index (χ3n) is 3.23. The van der Waals surface area contributed by atoms with E-state index in [0.717, 1.165) is 0 Å². The van der Waals surface area contributed by atoms with E-state index in [1.807, 2.05) is 13.8 Å². The predicted octanol–water partition coefficient (Wildman–Crippen LogP) is 2.28. The first-order chi connectivity index (χ1) is 10.1. The third-order valence-corrected chi connectivity index (χ3v) is 3.23. The standard InChI is InChI=1S/C16H23NO4/c1-5-17(6-2)16(19)14-9-8-13(20-4)10-12(14)11-15(18)21-7-3/h8-10H,5-7,11H2,1-4H3. The van der Waals surface area contributed by atoms with Gasteiger partial charge in [-0.2, -0.15) is 0 Å². The molecule has 0 bridgehead atoms. The van der Waals surface area contributed by atoms with Crippen molar-refractivity contribution in [2.45, 2.75) is 27.2 Å². The summed E-state index contributed by atoms with van der Waals surface area (Å²) < 4.78 is 10.1. The molecule has 116 valence electrons. The number of carbonyl (C=O) groups excluding carboxylic acids is 2. The minimum Gasteiger partial charge on any atom is -0.497 e. The fraction of sp³-hybridized carbons (Fsp3) is 0.500. The Balaban J connectivity index is 3.12. The fourth-order valence-electron chi connectivity index (χ4n) is 2.10. The highest BCUT2D eigenvalue weighted by Crippen LogP contribution is 2.20. The second kappa shape index (κ2) is 8.29. The molecule has 0 saturated carbocycles. The normalized spacial score (nSPS) is 10.1. The topological polar surface area (TPSA) is 55.8 Å². The summed E-state index contributed by atoms with van der Waals surface area (Å²) in [6.45, 7) is 7.18. The van der Waals surface area contributed by atoms with Crippen molar-refractivity contribution in [1.82, 2.24) is 4.90 Å². The molecule has 0 atom stereocenters. The Kier molecular flexibility index (Phi) is 6.72. The average molecular weight is 293 g/mol. The highest BCUT2D eigenvalue weighted by molar-refractivity contribution is 5.97. The monoisotopic (exact) mass is 293 g/mol. The molecule has 0 heterocycles. The lowest BCUT2D eigenvalue weighted by Gasteiger charge is -2.20. The van der Waals surface area contributed by atoms with Gasteiger partial charge >= 0.3 is 5.97 Å². The molecule has 5 nitrogen and oxygen atoms in total. The summed E-state index contributed by atoms with van der Waals surface area (Å²) in [6.07, 6.45) is 0.0629. The number of esters is 1. The second-order valence-electron chi connectivity index (χ2n) is 4.48. The van der Waals surface area contributed by atoms with Crippen molar-refractivity contribution in [3.63, 3.8) is 0 Å². The predicted molar refractivity (Wildman–Crippen MR) is 80.6 cm³/mol. The summed E-state index contributed by atoms with van der Waals surface area (Å²) >= 11 is 0. The number of hydrogen-bond donors (Lipinski definition) is 0. The molecule has 1 amide bonds. The smallest absolute Gasteiger partial charge is 0.310 e. The zero-order valence-corrected chi connectivity index (χ0v) is 13.1. The number of amides is 1. The molecule has 0 unspecified atom stereocenters. The Hall–Kier alpha value is -2.04. The number of ether oxygens (including phenoxy) is 2. The van der Waals surface area contributed by atoms with Crippen molar-refractivity contribution in [3.8, 4) is 5.75 Å². The number of rotatable bonds is 7. The summed E-state index contributed by atoms with van der Waals surface area (Å²) in [4.78, 5) is 25.9. The molecule has 0 radical (unpaired) electrons. The Morgan fingerprint density at radius 2 is 1.81 bits per heavy atom. The molecule has 1 aromatic carbocycles. The van der Waals surface area contributed by atoms with Gasteiger partial charge in [-0.25, -0.2) is 0 Å². The van der Waals surface area contributed by atoms with Crippen molar-refractivity contribution in [3.05, 3.63) is 29.3 Å². The van der Waals surface area contributed by atoms with Crippen LogP contribution in [0.4, 0.5) is 0 Å². The molecule has 1 rings (SSSR count). The van der Waals surface area contributed by atoms with E-state index in [4.69, 9.17) is 9.47 Å². The second-order valence-corrected chi connectivity index (χ2v) is 4.48. The van der Waals surface area contributed by atoms with Crippen molar-refractivity contribution >= 4 is 11.9 Å². The molecule has 0 aromatic heterocycles. The van der Waals surface area contributed by atoms with Crippen LogP contribution in [-0.2, 0) is 16.0 Å². The van der Waals surface area contributed by atoms with E-state index in [2.05, 4.69) is 0 Å². The molecule has 0 fully saturated rings. The van der Waals surface area contributed by atoms with Crippen LogP contribution in [0, 0.1) is 0 Å². The van der Waals surface area contributed by atoms with E-state index in [0.29, 0.717) is 36.6 Å². The van der Waals surface area contributed by atoms with Gasteiger partial charge in [0.25, 0.3) is 5.91 Å². The van der Waals surface area contributed by atoms with Gasteiger partial charge in [-0.3, -0.25) is 9.59 Å². The van der Waals surface area contributed by atoms with Crippen molar-refractivity contribution in [1.29, 1.82) is 0 Å². The van der Waals surface area contributed by atoms with Crippen LogP contribution in [0.25, 0.3) is 0 Å². The van der Waals surface area contributed by atoms with Crippen molar-refractivity contribution in [2.24, 2.45) is 0 Å². The molecule has 0 spiro atoms. The van der Waals surface area contributed by atoms with Gasteiger partial charge in [0.05, 0.1) is 20.1 Å². The lowest BCUT2D eigenvalue weighted by molar-refractivity contribution is -0.142. The molecular formula is C16H23NO4. The molecule has 0 aliphatic heterocycles. The van der Waals surface area contributed by atoms with Gasteiger partial charge in [0.2, 0.25) is 0 Å². The van der Waals surface area contributed by atoms with Gasteiger partial charge in [0, 0.05) is 18.7 Å². The third kappa shape index (κ3) is 4.48. The van der Waals surface area contributed by atoms with Crippen LogP contribution in [0.2, 0.25) is 0 Å². The van der Waals surface area contributed by atoms with E-state index >= 15 is 0 Å². The van der Waals surface area contributed by atoms with Crippen LogP contribution in [-0.4, -0.2) is 43.6 Å². The average Bonchev–Trinajstić information content (AvgIpc) is 2.48. The molecule has 5 heteroatoms. The molecule has 0 aliphatic carbocycles. The highest BCUT2D eigenvalue weighted by Gasteiger charge is 2.19. The van der Waals surface area contributed by atoms with Gasteiger partial charge in [-0.1, -0.05) is 0 Å². The van der Waals surface area contributed by atoms with Gasteiger partial charge in [0.1, 0.15) is 5.75 Å². The van der Waals surface area contributed by atoms with E-state index in [-0.39, 0.29) is 18.3 Å². The Labute approximate surface area is 125 Å². The SMILES string of the molecule is CCOC(=O)Cc1cc(OC)ccc1C(=O)N(CC)CC. The maximum atomic E-state index is 12.5. The van der Waals surface area contributed by atoms with Crippen LogP contribution in [0.5, 0.6) is 5.75 Å². The first-order valence-electron chi connectivity index (χ1n) is 7.19. The lowest BCUT2D eigenvalue weighted by atomic mass is 10.0. The van der Waals surface area contributed by atoms with Crippen LogP contribution < -0.4 is 4.74 Å². The first kappa shape index (κ1) is 17.0. The number of hydrogen-bond acceptors (Lipinski definition) is 4. The van der Waals surface area contributed by atoms with E-state index < -0.39 is 0 Å². The van der Waals surface area contributed by atoms with E-state index in [9.17, 15) is 9.59 Å². The summed E-state index contributed by atoms with van der Waals surface area (Å²) in [7, 11) is 1.55. The molecular weight excluding hydrogens is 270 g/mol. The maximum absolute atomic E-state index is 12.5. The highest BCUT2D eigenvalue weighted by atomic mass is 16.5. The Morgan fingerprint density at radius 3 is 2.33 bits per heavy atom. The summed E-state index contributed by atoms with van der Waals surface area (Å²) in [5, 5.41) is 0. The van der Waals surface area contributed by atoms with Gasteiger partial charge in [-0.05, 0) is 44.5 Å². The first-order valence-corrected chi connectivity index (χ1v) is 7.19. The molecule has 0 saturated heterocycles. The van der Waals surface area contributed by atoms with E-state index in [1.165, 1.54) is 0 Å². The quantitative estimate of drug-likeness (QED) is 0.724. The summed E-state index contributed by atoms with van der Waals surface area (Å²) in [5.74, 6) is 0.187. The minimum absolute atomic E-state index is 0.0629. The zero-order chi connectivity index (χ0) is 15.8. The van der Waals surface area contributed by atoms with Gasteiger partial charge in [0.15, 0.2) is 0 Å². The van der Waals surface area contributed by atoms with Crippen molar-refractivity contribution < 1.29 is 19.1 Å². The lowest BCUT2D eigenvalue weighted by Crippen LogP contribution is -2.31. The summed E-state index contributed by atoms with van der Waals surface area (Å²) in [5.41, 5.74) is 1.15. The Morgan fingerprint density at radius 1 is 1.14 bits per heavy atom. The number of carbonyl (C=O) groups is 2. The largest absolute Gasteiger partial charge is 0.497 e. The number of nitrogens with zero attached hydrogens (tertiary/aromatic N) is 1. The number of benzene rings is 1.